The van der Waals surface area contributed by atoms with Gasteiger partial charge in [-0.1, -0.05) is 23.5 Å². The molecule has 2 rings (SSSR count). The third kappa shape index (κ3) is 2.95. The van der Waals surface area contributed by atoms with Gasteiger partial charge in [-0.2, -0.15) is 5.10 Å². The highest BCUT2D eigenvalue weighted by molar-refractivity contribution is 7.99. The molecule has 0 aliphatic heterocycles. The average molecular weight is 282 g/mol. The normalized spacial score (nSPS) is 10.7. The van der Waals surface area contributed by atoms with Crippen molar-refractivity contribution in [1.29, 1.82) is 0 Å². The summed E-state index contributed by atoms with van der Waals surface area (Å²) in [6.45, 7) is 1.96. The first-order chi connectivity index (χ1) is 8.62. The van der Waals surface area contributed by atoms with Gasteiger partial charge in [0.1, 0.15) is 15.9 Å². The van der Waals surface area contributed by atoms with Crippen LogP contribution in [0.4, 0.5) is 5.82 Å². The van der Waals surface area contributed by atoms with Gasteiger partial charge >= 0.3 is 0 Å². The van der Waals surface area contributed by atoms with E-state index in [0.29, 0.717) is 11.0 Å². The molecule has 0 atom stereocenters. The Hall–Kier alpha value is -1.25. The topological polar surface area (TPSA) is 81.6 Å². The fourth-order valence-electron chi connectivity index (χ4n) is 1.41. The van der Waals surface area contributed by atoms with Crippen LogP contribution in [0.5, 0.6) is 0 Å². The molecule has 8 heteroatoms. The summed E-state index contributed by atoms with van der Waals surface area (Å²) < 4.78 is 1.83. The van der Waals surface area contributed by atoms with Crippen LogP contribution in [0.1, 0.15) is 5.69 Å². The first-order valence-electron chi connectivity index (χ1n) is 5.20. The van der Waals surface area contributed by atoms with Crippen LogP contribution >= 0.6 is 23.5 Å². The summed E-state index contributed by atoms with van der Waals surface area (Å²) in [6.07, 6.45) is 1.93. The number of nitrogens with two attached hydrogens (primary N) is 1. The summed E-state index contributed by atoms with van der Waals surface area (Å²) in [5.41, 5.74) is 3.53. The fourth-order valence-corrected chi connectivity index (χ4v) is 2.77. The predicted octanol–water partition coefficient (Wildman–Crippen LogP) is 1.68. The number of hydrazine groups is 1. The van der Waals surface area contributed by atoms with Gasteiger partial charge in [-0.3, -0.25) is 4.68 Å². The molecular formula is C10H14N6S2. The Balaban J connectivity index is 2.30. The van der Waals surface area contributed by atoms with Gasteiger partial charge in [0.25, 0.3) is 0 Å². The highest BCUT2D eigenvalue weighted by Crippen LogP contribution is 2.28. The Morgan fingerprint density at radius 1 is 1.33 bits per heavy atom. The SMILES string of the molecule is CSc1nc(NN)cc(Sc2cc(C)nn2C)n1. The van der Waals surface area contributed by atoms with Gasteiger partial charge in [0.05, 0.1) is 5.69 Å². The molecule has 0 spiro atoms. The van der Waals surface area contributed by atoms with E-state index in [1.165, 1.54) is 23.5 Å². The van der Waals surface area contributed by atoms with Crippen LogP contribution in [0.3, 0.4) is 0 Å². The zero-order valence-corrected chi connectivity index (χ0v) is 12.0. The van der Waals surface area contributed by atoms with Crippen molar-refractivity contribution in [2.24, 2.45) is 12.9 Å². The molecule has 0 bridgehead atoms. The second-order valence-corrected chi connectivity index (χ2v) is 5.39. The summed E-state index contributed by atoms with van der Waals surface area (Å²) in [7, 11) is 1.91. The Kier molecular flexibility index (Phi) is 4.10. The number of anilines is 1. The molecule has 2 aromatic rings. The smallest absolute Gasteiger partial charge is 0.190 e. The zero-order valence-electron chi connectivity index (χ0n) is 10.3. The maximum Gasteiger partial charge on any atom is 0.190 e. The number of hydrogen-bond donors (Lipinski definition) is 2. The maximum absolute atomic E-state index is 5.39. The van der Waals surface area contributed by atoms with Crippen molar-refractivity contribution >= 4 is 29.3 Å². The van der Waals surface area contributed by atoms with Crippen LogP contribution in [-0.2, 0) is 7.05 Å². The van der Waals surface area contributed by atoms with Gasteiger partial charge in [-0.15, -0.1) is 0 Å². The lowest BCUT2D eigenvalue weighted by Gasteiger charge is -2.05. The largest absolute Gasteiger partial charge is 0.308 e. The van der Waals surface area contributed by atoms with Crippen molar-refractivity contribution in [3.05, 3.63) is 17.8 Å². The third-order valence-electron chi connectivity index (χ3n) is 2.18. The minimum Gasteiger partial charge on any atom is -0.308 e. The lowest BCUT2D eigenvalue weighted by molar-refractivity contribution is 0.691. The molecule has 96 valence electrons. The van der Waals surface area contributed by atoms with Crippen LogP contribution in [-0.4, -0.2) is 26.0 Å². The number of nitrogens with zero attached hydrogens (tertiary/aromatic N) is 4. The number of hydrogen-bond acceptors (Lipinski definition) is 7. The Labute approximate surface area is 114 Å². The lowest BCUT2D eigenvalue weighted by atomic mass is 10.5. The van der Waals surface area contributed by atoms with E-state index in [1.807, 2.05) is 37.0 Å². The van der Waals surface area contributed by atoms with Crippen LogP contribution in [0.25, 0.3) is 0 Å². The average Bonchev–Trinajstić information content (AvgIpc) is 2.67. The minimum atomic E-state index is 0.607. The van der Waals surface area contributed by atoms with E-state index in [2.05, 4.69) is 20.5 Å². The van der Waals surface area contributed by atoms with Gasteiger partial charge in [-0.25, -0.2) is 15.8 Å². The standard InChI is InChI=1S/C10H14N6S2/c1-6-4-9(16(2)15-6)18-8-5-7(14-11)12-10(13-8)17-3/h4-5H,11H2,1-3H3,(H,12,13,14). The lowest BCUT2D eigenvalue weighted by Crippen LogP contribution is -2.09. The molecule has 2 heterocycles. The molecule has 2 aromatic heterocycles. The molecule has 3 N–H and O–H groups in total. The Morgan fingerprint density at radius 3 is 2.67 bits per heavy atom. The summed E-state index contributed by atoms with van der Waals surface area (Å²) in [4.78, 5) is 8.64. The quantitative estimate of drug-likeness (QED) is 0.290. The van der Waals surface area contributed by atoms with Crippen LogP contribution < -0.4 is 11.3 Å². The van der Waals surface area contributed by atoms with Gasteiger partial charge in [-0.05, 0) is 19.2 Å². The summed E-state index contributed by atoms with van der Waals surface area (Å²) in [5, 5.41) is 6.85. The van der Waals surface area contributed by atoms with E-state index in [-0.39, 0.29) is 0 Å². The maximum atomic E-state index is 5.39. The van der Waals surface area contributed by atoms with Crippen LogP contribution in [0.15, 0.2) is 27.3 Å². The molecule has 0 unspecified atom stereocenters. The van der Waals surface area contributed by atoms with Gasteiger partial charge < -0.3 is 5.43 Å². The van der Waals surface area contributed by atoms with Crippen molar-refractivity contribution in [3.8, 4) is 0 Å². The van der Waals surface area contributed by atoms with E-state index >= 15 is 0 Å². The molecule has 0 aliphatic rings. The van der Waals surface area contributed by atoms with Crippen molar-refractivity contribution in [2.45, 2.75) is 22.1 Å². The van der Waals surface area contributed by atoms with Gasteiger partial charge in [0, 0.05) is 13.1 Å². The van der Waals surface area contributed by atoms with E-state index in [0.717, 1.165) is 15.7 Å². The fraction of sp³-hybridized carbons (Fsp3) is 0.300. The number of aromatic nitrogens is 4. The number of nitrogens with one attached hydrogen (secondary N) is 1. The number of rotatable bonds is 4. The summed E-state index contributed by atoms with van der Waals surface area (Å²) in [5.74, 6) is 6.00. The first-order valence-corrected chi connectivity index (χ1v) is 7.24. The highest BCUT2D eigenvalue weighted by atomic mass is 32.2. The van der Waals surface area contributed by atoms with Crippen molar-refractivity contribution in [1.82, 2.24) is 19.7 Å². The van der Waals surface area contributed by atoms with Crippen molar-refractivity contribution < 1.29 is 0 Å². The number of nitrogen functional groups attached to an aromatic ring is 1. The summed E-state index contributed by atoms with van der Waals surface area (Å²) >= 11 is 3.01. The Bertz CT molecular complexity index is 531. The molecular weight excluding hydrogens is 268 g/mol. The molecule has 0 amide bonds. The number of thioether (sulfide) groups is 1. The molecule has 0 aliphatic carbocycles. The molecule has 0 radical (unpaired) electrons. The van der Waals surface area contributed by atoms with E-state index in [4.69, 9.17) is 5.84 Å². The van der Waals surface area contributed by atoms with Gasteiger partial charge in [0.15, 0.2) is 5.16 Å². The first kappa shape index (κ1) is 13.2. The summed E-state index contributed by atoms with van der Waals surface area (Å²) in [6, 6.07) is 3.83. The second-order valence-electron chi connectivity index (χ2n) is 3.57. The Morgan fingerprint density at radius 2 is 2.11 bits per heavy atom. The van der Waals surface area contributed by atoms with Crippen molar-refractivity contribution in [2.75, 3.05) is 11.7 Å². The van der Waals surface area contributed by atoms with Gasteiger partial charge in [0.2, 0.25) is 0 Å². The second kappa shape index (κ2) is 5.59. The molecule has 0 fully saturated rings. The highest BCUT2D eigenvalue weighted by Gasteiger charge is 2.08. The minimum absolute atomic E-state index is 0.607. The molecule has 6 nitrogen and oxygen atoms in total. The molecule has 0 aromatic carbocycles. The molecule has 18 heavy (non-hydrogen) atoms. The zero-order chi connectivity index (χ0) is 13.1. The predicted molar refractivity (Wildman–Crippen MR) is 73.7 cm³/mol. The van der Waals surface area contributed by atoms with Crippen molar-refractivity contribution in [3.63, 3.8) is 0 Å². The molecule has 0 saturated heterocycles. The van der Waals surface area contributed by atoms with E-state index in [9.17, 15) is 0 Å². The number of aryl methyl sites for hydroxylation is 2. The third-order valence-corrected chi connectivity index (χ3v) is 3.74. The van der Waals surface area contributed by atoms with E-state index in [1.54, 1.807) is 0 Å². The van der Waals surface area contributed by atoms with E-state index < -0.39 is 0 Å². The van der Waals surface area contributed by atoms with Crippen LogP contribution in [0.2, 0.25) is 0 Å². The monoisotopic (exact) mass is 282 g/mol. The van der Waals surface area contributed by atoms with Crippen LogP contribution in [0, 0.1) is 6.92 Å². The molecule has 0 saturated carbocycles.